The molecule has 0 aliphatic carbocycles. The molecule has 26 heavy (non-hydrogen) atoms. The largest absolute Gasteiger partial charge is 0.497 e. The van der Waals surface area contributed by atoms with Gasteiger partial charge >= 0.3 is 12.1 Å². The molecule has 1 aliphatic heterocycles. The summed E-state index contributed by atoms with van der Waals surface area (Å²) in [5.74, 6) is -0.300. The molecular formula is C19H18F3NO3. The molecule has 0 radical (unpaired) electrons. The van der Waals surface area contributed by atoms with Crippen LogP contribution in [0.5, 0.6) is 5.75 Å². The van der Waals surface area contributed by atoms with E-state index in [0.717, 1.165) is 17.7 Å². The third kappa shape index (κ3) is 3.83. The molecule has 3 rings (SSSR count). The lowest BCUT2D eigenvalue weighted by atomic mass is 9.92. The molecule has 1 aliphatic rings. The molecule has 0 fully saturated rings. The van der Waals surface area contributed by atoms with Gasteiger partial charge in [0.2, 0.25) is 0 Å². The Morgan fingerprint density at radius 1 is 1.19 bits per heavy atom. The first-order valence-corrected chi connectivity index (χ1v) is 8.06. The molecule has 2 aromatic rings. The second kappa shape index (κ2) is 6.99. The van der Waals surface area contributed by atoms with Gasteiger partial charge in [0, 0.05) is 13.1 Å². The Hall–Kier alpha value is -2.54. The molecular weight excluding hydrogens is 347 g/mol. The Morgan fingerprint density at radius 2 is 1.88 bits per heavy atom. The maximum atomic E-state index is 13.0. The summed E-state index contributed by atoms with van der Waals surface area (Å²) in [7, 11) is 1.55. The predicted molar refractivity (Wildman–Crippen MR) is 88.8 cm³/mol. The average molecular weight is 365 g/mol. The van der Waals surface area contributed by atoms with Crippen molar-refractivity contribution in [3.63, 3.8) is 0 Å². The number of hydrogen-bond acceptors (Lipinski definition) is 3. The van der Waals surface area contributed by atoms with Crippen molar-refractivity contribution in [1.82, 2.24) is 4.90 Å². The van der Waals surface area contributed by atoms with E-state index in [2.05, 4.69) is 0 Å². The third-order valence-corrected chi connectivity index (χ3v) is 4.59. The number of carboxylic acid groups (broad SMARTS) is 1. The number of carbonyl (C=O) groups is 1. The number of fused-ring (bicyclic) bond motifs is 1. The lowest BCUT2D eigenvalue weighted by Crippen LogP contribution is -2.45. The number of methoxy groups -OCH3 is 1. The van der Waals surface area contributed by atoms with Gasteiger partial charge in [-0.2, -0.15) is 13.2 Å². The van der Waals surface area contributed by atoms with Crippen molar-refractivity contribution in [2.75, 3.05) is 7.11 Å². The maximum Gasteiger partial charge on any atom is 0.416 e. The molecule has 0 spiro atoms. The lowest BCUT2D eigenvalue weighted by Gasteiger charge is -2.34. The van der Waals surface area contributed by atoms with E-state index >= 15 is 0 Å². The Balaban J connectivity index is 1.87. The van der Waals surface area contributed by atoms with Crippen molar-refractivity contribution in [1.29, 1.82) is 0 Å². The van der Waals surface area contributed by atoms with Gasteiger partial charge < -0.3 is 9.84 Å². The second-order valence-electron chi connectivity index (χ2n) is 6.29. The molecule has 1 heterocycles. The van der Waals surface area contributed by atoms with Crippen LogP contribution in [0.4, 0.5) is 13.2 Å². The standard InChI is InChI=1S/C19H18F3NO3/c1-26-16-6-2-12(3-7-16)10-23-11-14-8-15(19(20,21)22)5-4-13(14)9-17(23)18(24)25/h2-8,17H,9-11H2,1H3,(H,24,25)/t17-/m1/s1. The molecule has 0 amide bonds. The first kappa shape index (κ1) is 18.3. The van der Waals surface area contributed by atoms with E-state index in [1.807, 2.05) is 12.1 Å². The number of carboxylic acids is 1. The highest BCUT2D eigenvalue weighted by atomic mass is 19.4. The van der Waals surface area contributed by atoms with E-state index in [1.54, 1.807) is 24.1 Å². The van der Waals surface area contributed by atoms with Gasteiger partial charge in [-0.05, 0) is 47.4 Å². The number of nitrogens with zero attached hydrogens (tertiary/aromatic N) is 1. The van der Waals surface area contributed by atoms with Crippen LogP contribution in [-0.2, 0) is 30.5 Å². The third-order valence-electron chi connectivity index (χ3n) is 4.59. The van der Waals surface area contributed by atoms with E-state index in [-0.39, 0.29) is 13.0 Å². The number of rotatable bonds is 4. The second-order valence-corrected chi connectivity index (χ2v) is 6.29. The summed E-state index contributed by atoms with van der Waals surface area (Å²) in [6, 6.07) is 9.92. The number of alkyl halides is 3. The fourth-order valence-electron chi connectivity index (χ4n) is 3.19. The molecule has 1 atom stereocenters. The van der Waals surface area contributed by atoms with Gasteiger partial charge in [-0.15, -0.1) is 0 Å². The minimum Gasteiger partial charge on any atom is -0.497 e. The number of aliphatic carboxylic acids is 1. The zero-order valence-electron chi connectivity index (χ0n) is 14.1. The van der Waals surface area contributed by atoms with Gasteiger partial charge in [-0.3, -0.25) is 9.69 Å². The van der Waals surface area contributed by atoms with Crippen molar-refractivity contribution in [3.05, 3.63) is 64.7 Å². The van der Waals surface area contributed by atoms with Gasteiger partial charge in [0.25, 0.3) is 0 Å². The first-order chi connectivity index (χ1) is 12.3. The number of benzene rings is 2. The number of ether oxygens (including phenoxy) is 1. The average Bonchev–Trinajstić information content (AvgIpc) is 2.60. The summed E-state index contributed by atoms with van der Waals surface area (Å²) < 4.78 is 44.0. The van der Waals surface area contributed by atoms with E-state index in [4.69, 9.17) is 4.74 Å². The zero-order chi connectivity index (χ0) is 18.9. The molecule has 4 nitrogen and oxygen atoms in total. The maximum absolute atomic E-state index is 13.0. The minimum atomic E-state index is -4.42. The summed E-state index contributed by atoms with van der Waals surface area (Å²) in [6.45, 7) is 0.485. The van der Waals surface area contributed by atoms with Crippen molar-refractivity contribution >= 4 is 5.97 Å². The highest BCUT2D eigenvalue weighted by molar-refractivity contribution is 5.74. The molecule has 7 heteroatoms. The van der Waals surface area contributed by atoms with Gasteiger partial charge in [0.05, 0.1) is 12.7 Å². The predicted octanol–water partition coefficient (Wildman–Crippen LogP) is 3.73. The van der Waals surface area contributed by atoms with Crippen LogP contribution >= 0.6 is 0 Å². The van der Waals surface area contributed by atoms with E-state index in [0.29, 0.717) is 23.4 Å². The molecule has 0 unspecified atom stereocenters. The molecule has 0 saturated carbocycles. The van der Waals surface area contributed by atoms with Crippen LogP contribution in [0, 0.1) is 0 Å². The normalized spacial score (nSPS) is 17.6. The fraction of sp³-hybridized carbons (Fsp3) is 0.316. The molecule has 0 saturated heterocycles. The summed E-state index contributed by atoms with van der Waals surface area (Å²) in [5, 5.41) is 9.54. The van der Waals surface area contributed by atoms with E-state index < -0.39 is 23.8 Å². The summed E-state index contributed by atoms with van der Waals surface area (Å²) in [4.78, 5) is 13.3. The van der Waals surface area contributed by atoms with Crippen molar-refractivity contribution in [3.8, 4) is 5.75 Å². The van der Waals surface area contributed by atoms with Crippen LogP contribution in [0.2, 0.25) is 0 Å². The SMILES string of the molecule is COc1ccc(CN2Cc3cc(C(F)(F)F)ccc3C[C@@H]2C(=O)O)cc1. The van der Waals surface area contributed by atoms with Crippen LogP contribution < -0.4 is 4.74 Å². The van der Waals surface area contributed by atoms with E-state index in [1.165, 1.54) is 6.07 Å². The van der Waals surface area contributed by atoms with Gasteiger partial charge in [0.15, 0.2) is 0 Å². The lowest BCUT2D eigenvalue weighted by molar-refractivity contribution is -0.144. The van der Waals surface area contributed by atoms with Crippen LogP contribution in [0.3, 0.4) is 0 Å². The smallest absolute Gasteiger partial charge is 0.416 e. The van der Waals surface area contributed by atoms with Gasteiger partial charge in [-0.1, -0.05) is 18.2 Å². The van der Waals surface area contributed by atoms with Crippen LogP contribution in [0.1, 0.15) is 22.3 Å². The summed E-state index contributed by atoms with van der Waals surface area (Å²) >= 11 is 0. The Kier molecular flexibility index (Phi) is 4.91. The van der Waals surface area contributed by atoms with E-state index in [9.17, 15) is 23.1 Å². The van der Waals surface area contributed by atoms with Crippen LogP contribution in [0.15, 0.2) is 42.5 Å². The van der Waals surface area contributed by atoms with Crippen LogP contribution in [-0.4, -0.2) is 29.1 Å². The zero-order valence-corrected chi connectivity index (χ0v) is 14.1. The van der Waals surface area contributed by atoms with Crippen LogP contribution in [0.25, 0.3) is 0 Å². The Labute approximate surface area is 148 Å². The quantitative estimate of drug-likeness (QED) is 0.897. The molecule has 2 aromatic carbocycles. The Bertz CT molecular complexity index is 803. The number of halogens is 3. The Morgan fingerprint density at radius 3 is 2.46 bits per heavy atom. The molecule has 1 N–H and O–H groups in total. The molecule has 138 valence electrons. The van der Waals surface area contributed by atoms with Gasteiger partial charge in [-0.25, -0.2) is 0 Å². The first-order valence-electron chi connectivity index (χ1n) is 8.06. The van der Waals surface area contributed by atoms with Crippen molar-refractivity contribution in [2.24, 2.45) is 0 Å². The summed E-state index contributed by atoms with van der Waals surface area (Å²) in [6.07, 6.45) is -4.24. The monoisotopic (exact) mass is 365 g/mol. The minimum absolute atomic E-state index is 0.155. The van der Waals surface area contributed by atoms with Gasteiger partial charge in [0.1, 0.15) is 11.8 Å². The summed E-state index contributed by atoms with van der Waals surface area (Å²) in [5.41, 5.74) is 1.32. The fourth-order valence-corrected chi connectivity index (χ4v) is 3.19. The molecule has 0 bridgehead atoms. The topological polar surface area (TPSA) is 49.8 Å². The van der Waals surface area contributed by atoms with Crippen molar-refractivity contribution in [2.45, 2.75) is 31.7 Å². The highest BCUT2D eigenvalue weighted by Gasteiger charge is 2.35. The molecule has 0 aromatic heterocycles. The van der Waals surface area contributed by atoms with Crippen molar-refractivity contribution < 1.29 is 27.8 Å². The highest BCUT2D eigenvalue weighted by Crippen LogP contribution is 2.33. The number of hydrogen-bond donors (Lipinski definition) is 1.